The second-order valence-electron chi connectivity index (χ2n) is 7.32. The van der Waals surface area contributed by atoms with Gasteiger partial charge in [0.2, 0.25) is 6.29 Å². The van der Waals surface area contributed by atoms with E-state index in [-0.39, 0.29) is 6.10 Å². The van der Waals surface area contributed by atoms with Crippen molar-refractivity contribution in [2.24, 2.45) is 0 Å². The van der Waals surface area contributed by atoms with Crippen LogP contribution in [-0.4, -0.2) is 31.9 Å². The van der Waals surface area contributed by atoms with Gasteiger partial charge in [-0.05, 0) is 37.6 Å². The zero-order valence-electron chi connectivity index (χ0n) is 17.2. The third-order valence-electron chi connectivity index (χ3n) is 4.80. The number of aldehydes is 1. The minimum Gasteiger partial charge on any atom is -0.495 e. The average molecular weight is 408 g/mol. The van der Waals surface area contributed by atoms with Gasteiger partial charge in [0.25, 0.3) is 0 Å². The molecule has 0 aromatic heterocycles. The first-order chi connectivity index (χ1) is 14.6. The van der Waals surface area contributed by atoms with Gasteiger partial charge in [-0.2, -0.15) is 0 Å². The fourth-order valence-corrected chi connectivity index (χ4v) is 3.52. The van der Waals surface area contributed by atoms with Crippen molar-refractivity contribution in [2.75, 3.05) is 7.11 Å². The van der Waals surface area contributed by atoms with Crippen molar-refractivity contribution < 1.29 is 28.5 Å². The Labute approximate surface area is 175 Å². The molecular weight excluding hydrogens is 384 g/mol. The van der Waals surface area contributed by atoms with Crippen molar-refractivity contribution >= 4 is 12.0 Å². The van der Waals surface area contributed by atoms with Crippen LogP contribution in [0.3, 0.4) is 0 Å². The summed E-state index contributed by atoms with van der Waals surface area (Å²) >= 11 is 0. The van der Waals surface area contributed by atoms with Gasteiger partial charge in [0.15, 0.2) is 18.1 Å². The van der Waals surface area contributed by atoms with E-state index in [4.69, 9.17) is 23.7 Å². The van der Waals surface area contributed by atoms with Crippen molar-refractivity contribution in [2.45, 2.75) is 38.8 Å². The van der Waals surface area contributed by atoms with Crippen molar-refractivity contribution in [3.8, 4) is 11.5 Å². The Bertz CT molecular complexity index is 976. The van der Waals surface area contributed by atoms with Crippen LogP contribution in [0.25, 0.3) is 5.76 Å². The van der Waals surface area contributed by atoms with E-state index in [0.29, 0.717) is 40.6 Å². The number of methoxy groups -OCH3 is 1. The number of benzene rings is 2. The number of hydrogen-bond acceptors (Lipinski definition) is 6. The first-order valence-electron chi connectivity index (χ1n) is 9.86. The molecule has 0 bridgehead atoms. The second-order valence-corrected chi connectivity index (χ2v) is 7.32. The maximum absolute atomic E-state index is 12.0. The third-order valence-corrected chi connectivity index (χ3v) is 4.80. The minimum atomic E-state index is -0.748. The molecule has 0 spiro atoms. The number of rotatable bonds is 7. The molecule has 2 aliphatic heterocycles. The van der Waals surface area contributed by atoms with Gasteiger partial charge in [-0.15, -0.1) is 0 Å². The third kappa shape index (κ3) is 3.99. The Balaban J connectivity index is 1.58. The molecule has 30 heavy (non-hydrogen) atoms. The van der Waals surface area contributed by atoms with Gasteiger partial charge in [-0.25, -0.2) is 0 Å². The van der Waals surface area contributed by atoms with Crippen LogP contribution >= 0.6 is 0 Å². The molecule has 2 aromatic rings. The zero-order chi connectivity index (χ0) is 21.1. The molecule has 0 fully saturated rings. The molecule has 0 aliphatic carbocycles. The molecule has 0 saturated carbocycles. The van der Waals surface area contributed by atoms with E-state index in [1.165, 1.54) is 13.4 Å². The largest absolute Gasteiger partial charge is 0.495 e. The fourth-order valence-electron chi connectivity index (χ4n) is 3.52. The van der Waals surface area contributed by atoms with E-state index in [0.717, 1.165) is 11.8 Å². The Kier molecular flexibility index (Phi) is 5.65. The first-order valence-corrected chi connectivity index (χ1v) is 9.86. The van der Waals surface area contributed by atoms with Gasteiger partial charge in [0, 0.05) is 6.42 Å². The first kappa shape index (κ1) is 19.9. The lowest BCUT2D eigenvalue weighted by Crippen LogP contribution is -2.29. The molecule has 156 valence electrons. The highest BCUT2D eigenvalue weighted by molar-refractivity contribution is 5.90. The Morgan fingerprint density at radius 1 is 1.10 bits per heavy atom. The van der Waals surface area contributed by atoms with E-state index < -0.39 is 12.4 Å². The number of carbonyl (C=O) groups excluding carboxylic acids is 1. The standard InChI is InChI=1S/C24H24O6/c1-15(2)28-17-9-10-20-18(12-17)23(26-3)19(13-25)24(30-20)21-14-27-22(29-21)11-16-7-5-4-6-8-16/h4-10,12-15,22,24H,11H2,1-3H3. The zero-order valence-corrected chi connectivity index (χ0v) is 17.2. The molecule has 0 N–H and O–H groups in total. The SMILES string of the molecule is COC1=C(C=O)C(C2=COC(Cc3ccccc3)O2)Oc2ccc(OC(C)C)cc21. The van der Waals surface area contributed by atoms with E-state index in [1.807, 2.05) is 56.3 Å². The molecule has 2 aliphatic rings. The summed E-state index contributed by atoms with van der Waals surface area (Å²) in [5.74, 6) is 2.12. The maximum atomic E-state index is 12.0. The number of fused-ring (bicyclic) bond motifs is 1. The van der Waals surface area contributed by atoms with Crippen LogP contribution < -0.4 is 9.47 Å². The topological polar surface area (TPSA) is 63.2 Å². The summed E-state index contributed by atoms with van der Waals surface area (Å²) in [7, 11) is 1.53. The van der Waals surface area contributed by atoms with Crippen LogP contribution in [0.15, 0.2) is 66.1 Å². The summed E-state index contributed by atoms with van der Waals surface area (Å²) in [6.07, 6.45) is 1.62. The molecule has 6 heteroatoms. The Hall–Kier alpha value is -3.41. The van der Waals surface area contributed by atoms with E-state index in [9.17, 15) is 4.79 Å². The fraction of sp³-hybridized carbons (Fsp3) is 0.292. The van der Waals surface area contributed by atoms with Crippen LogP contribution in [0.1, 0.15) is 25.0 Å². The van der Waals surface area contributed by atoms with Crippen LogP contribution in [0.2, 0.25) is 0 Å². The Morgan fingerprint density at radius 2 is 1.90 bits per heavy atom. The van der Waals surface area contributed by atoms with Crippen molar-refractivity contribution in [1.82, 2.24) is 0 Å². The lowest BCUT2D eigenvalue weighted by Gasteiger charge is -2.28. The highest BCUT2D eigenvalue weighted by Crippen LogP contribution is 2.41. The van der Waals surface area contributed by atoms with Crippen molar-refractivity contribution in [3.63, 3.8) is 0 Å². The van der Waals surface area contributed by atoms with E-state index in [1.54, 1.807) is 6.07 Å². The van der Waals surface area contributed by atoms with Gasteiger partial charge in [-0.1, -0.05) is 30.3 Å². The number of carbonyl (C=O) groups is 1. The molecule has 4 rings (SSSR count). The molecule has 0 radical (unpaired) electrons. The van der Waals surface area contributed by atoms with E-state index >= 15 is 0 Å². The van der Waals surface area contributed by atoms with Crippen LogP contribution in [0.5, 0.6) is 11.5 Å². The summed E-state index contributed by atoms with van der Waals surface area (Å²) in [6.45, 7) is 3.90. The van der Waals surface area contributed by atoms with Crippen molar-refractivity contribution in [1.29, 1.82) is 0 Å². The molecule has 2 atom stereocenters. The molecule has 6 nitrogen and oxygen atoms in total. The minimum absolute atomic E-state index is 0.0246. The predicted octanol–water partition coefficient (Wildman–Crippen LogP) is 4.25. The molecule has 0 amide bonds. The molecule has 0 saturated heterocycles. The predicted molar refractivity (Wildman–Crippen MR) is 111 cm³/mol. The summed E-state index contributed by atoms with van der Waals surface area (Å²) in [4.78, 5) is 12.0. The summed E-state index contributed by atoms with van der Waals surface area (Å²) in [5.41, 5.74) is 2.09. The average Bonchev–Trinajstić information content (AvgIpc) is 3.20. The van der Waals surface area contributed by atoms with E-state index in [2.05, 4.69) is 0 Å². The lowest BCUT2D eigenvalue weighted by atomic mass is 9.99. The maximum Gasteiger partial charge on any atom is 0.244 e. The molecular formula is C24H24O6. The molecule has 2 aromatic carbocycles. The quantitative estimate of drug-likeness (QED) is 0.639. The monoisotopic (exact) mass is 408 g/mol. The summed E-state index contributed by atoms with van der Waals surface area (Å²) in [5, 5.41) is 0. The van der Waals surface area contributed by atoms with Crippen LogP contribution in [0.4, 0.5) is 0 Å². The van der Waals surface area contributed by atoms with Gasteiger partial charge >= 0.3 is 0 Å². The van der Waals surface area contributed by atoms with Gasteiger partial charge < -0.3 is 23.7 Å². The second kappa shape index (κ2) is 8.53. The van der Waals surface area contributed by atoms with Gasteiger partial charge in [0.1, 0.15) is 23.5 Å². The molecule has 2 unspecified atom stereocenters. The van der Waals surface area contributed by atoms with Gasteiger partial charge in [-0.3, -0.25) is 4.79 Å². The normalized spacial score (nSPS) is 19.9. The van der Waals surface area contributed by atoms with Crippen LogP contribution in [0, 0.1) is 0 Å². The summed E-state index contributed by atoms with van der Waals surface area (Å²) < 4.78 is 29.1. The smallest absolute Gasteiger partial charge is 0.244 e. The summed E-state index contributed by atoms with van der Waals surface area (Å²) in [6, 6.07) is 15.4. The highest BCUT2D eigenvalue weighted by Gasteiger charge is 2.37. The van der Waals surface area contributed by atoms with Crippen LogP contribution in [-0.2, 0) is 25.4 Å². The van der Waals surface area contributed by atoms with Gasteiger partial charge in [0.05, 0.1) is 24.4 Å². The highest BCUT2D eigenvalue weighted by atomic mass is 16.7. The number of hydrogen-bond donors (Lipinski definition) is 0. The Morgan fingerprint density at radius 3 is 2.60 bits per heavy atom. The molecule has 2 heterocycles. The lowest BCUT2D eigenvalue weighted by molar-refractivity contribution is -0.106. The van der Waals surface area contributed by atoms with Crippen molar-refractivity contribution in [3.05, 3.63) is 77.3 Å². The number of ether oxygens (including phenoxy) is 5.